The smallest absolute Gasteiger partial charge is 0.272 e. The van der Waals surface area contributed by atoms with Gasteiger partial charge in [-0.1, -0.05) is 78.3 Å². The van der Waals surface area contributed by atoms with Crippen LogP contribution in [-0.4, -0.2) is 23.5 Å². The molecule has 234 valence electrons. The van der Waals surface area contributed by atoms with E-state index >= 15 is 0 Å². The summed E-state index contributed by atoms with van der Waals surface area (Å²) < 4.78 is 0. The molecule has 0 fully saturated rings. The standard InChI is InChI=1S/C38H30ClN3O4S/c1-25(43)27-17-21-31(22-18-27)40-38(46)35(28-9-4-2-5-10-28)47-33-14-8-13-32(24-33)41-37(45)34(23-26-15-19-30(39)20-16-26)42-36(44)29-11-6-3-7-12-29/h2-24,35H,1H3,(H,40,46)(H,41,45)(H,42,44)/b34-23-. The number of hydrogen-bond acceptors (Lipinski definition) is 5. The third-order valence-electron chi connectivity index (χ3n) is 6.96. The van der Waals surface area contributed by atoms with Gasteiger partial charge in [-0.05, 0) is 90.9 Å². The normalized spacial score (nSPS) is 11.7. The third kappa shape index (κ3) is 9.29. The fourth-order valence-electron chi connectivity index (χ4n) is 4.55. The van der Waals surface area contributed by atoms with Gasteiger partial charge < -0.3 is 16.0 Å². The monoisotopic (exact) mass is 659 g/mol. The van der Waals surface area contributed by atoms with Crippen LogP contribution in [0.5, 0.6) is 0 Å². The molecule has 0 heterocycles. The minimum Gasteiger partial charge on any atom is -0.325 e. The molecule has 3 N–H and O–H groups in total. The average Bonchev–Trinajstić information content (AvgIpc) is 3.09. The first-order valence-electron chi connectivity index (χ1n) is 14.6. The third-order valence-corrected chi connectivity index (χ3v) is 8.46. The number of carbonyl (C=O) groups excluding carboxylic acids is 4. The largest absolute Gasteiger partial charge is 0.325 e. The van der Waals surface area contributed by atoms with Crippen LogP contribution in [0.3, 0.4) is 0 Å². The van der Waals surface area contributed by atoms with Crippen molar-refractivity contribution in [2.75, 3.05) is 10.6 Å². The summed E-state index contributed by atoms with van der Waals surface area (Å²) in [6.45, 7) is 1.49. The van der Waals surface area contributed by atoms with Crippen molar-refractivity contribution in [2.24, 2.45) is 0 Å². The number of Topliss-reactive ketones (excluding diaryl/α,β-unsaturated/α-hetero) is 1. The van der Waals surface area contributed by atoms with Gasteiger partial charge in [-0.2, -0.15) is 0 Å². The van der Waals surface area contributed by atoms with Gasteiger partial charge in [-0.15, -0.1) is 11.8 Å². The van der Waals surface area contributed by atoms with Crippen molar-refractivity contribution in [1.82, 2.24) is 5.32 Å². The molecule has 5 aromatic carbocycles. The zero-order valence-corrected chi connectivity index (χ0v) is 26.8. The number of anilines is 2. The van der Waals surface area contributed by atoms with E-state index in [0.717, 1.165) is 10.5 Å². The van der Waals surface area contributed by atoms with Crippen molar-refractivity contribution in [3.63, 3.8) is 0 Å². The Hall–Kier alpha value is -5.44. The Bertz CT molecular complexity index is 1910. The summed E-state index contributed by atoms with van der Waals surface area (Å²) in [5, 5.41) is 8.48. The molecule has 0 aliphatic heterocycles. The maximum absolute atomic E-state index is 13.6. The first kappa shape index (κ1) is 32.9. The van der Waals surface area contributed by atoms with Crippen LogP contribution in [0.25, 0.3) is 6.08 Å². The number of hydrogen-bond donors (Lipinski definition) is 3. The molecule has 0 aromatic heterocycles. The van der Waals surface area contributed by atoms with Gasteiger partial charge in [0.05, 0.1) is 0 Å². The number of rotatable bonds is 11. The molecule has 0 saturated carbocycles. The van der Waals surface area contributed by atoms with Crippen molar-refractivity contribution in [3.8, 4) is 0 Å². The van der Waals surface area contributed by atoms with Crippen LogP contribution < -0.4 is 16.0 Å². The molecule has 0 saturated heterocycles. The van der Waals surface area contributed by atoms with Crippen LogP contribution in [-0.2, 0) is 9.59 Å². The number of benzene rings is 5. The highest BCUT2D eigenvalue weighted by Gasteiger charge is 2.23. The summed E-state index contributed by atoms with van der Waals surface area (Å²) in [5.74, 6) is -1.27. The maximum atomic E-state index is 13.6. The van der Waals surface area contributed by atoms with Crippen LogP contribution in [0.1, 0.15) is 44.0 Å². The van der Waals surface area contributed by atoms with Crippen molar-refractivity contribution in [3.05, 3.63) is 166 Å². The number of amides is 3. The Morgan fingerprint density at radius 3 is 2.00 bits per heavy atom. The molecular weight excluding hydrogens is 630 g/mol. The first-order valence-corrected chi connectivity index (χ1v) is 15.9. The number of thioether (sulfide) groups is 1. The highest BCUT2D eigenvalue weighted by Crippen LogP contribution is 2.37. The summed E-state index contributed by atoms with van der Waals surface area (Å²) in [4.78, 5) is 52.5. The van der Waals surface area contributed by atoms with Crippen molar-refractivity contribution >= 4 is 64.3 Å². The minimum atomic E-state index is -0.625. The fourth-order valence-corrected chi connectivity index (χ4v) is 5.76. The molecule has 0 aliphatic rings. The second-order valence-electron chi connectivity index (χ2n) is 10.4. The zero-order chi connectivity index (χ0) is 33.2. The van der Waals surface area contributed by atoms with Crippen LogP contribution in [0.2, 0.25) is 5.02 Å². The summed E-state index contributed by atoms with van der Waals surface area (Å²) in [6.07, 6.45) is 1.57. The number of halogens is 1. The predicted molar refractivity (Wildman–Crippen MR) is 189 cm³/mol. The Morgan fingerprint density at radius 2 is 1.34 bits per heavy atom. The summed E-state index contributed by atoms with van der Waals surface area (Å²) >= 11 is 7.36. The molecule has 0 bridgehead atoms. The van der Waals surface area contributed by atoms with Gasteiger partial charge in [0, 0.05) is 32.4 Å². The van der Waals surface area contributed by atoms with E-state index in [4.69, 9.17) is 11.6 Å². The van der Waals surface area contributed by atoms with Crippen LogP contribution >= 0.6 is 23.4 Å². The van der Waals surface area contributed by atoms with Crippen LogP contribution in [0.4, 0.5) is 11.4 Å². The molecule has 5 aromatic rings. The summed E-state index contributed by atoms with van der Waals surface area (Å²) in [7, 11) is 0. The Morgan fingerprint density at radius 1 is 0.681 bits per heavy atom. The van der Waals surface area contributed by atoms with Crippen molar-refractivity contribution < 1.29 is 19.2 Å². The second kappa shape index (κ2) is 15.7. The molecule has 0 aliphatic carbocycles. The molecule has 9 heteroatoms. The second-order valence-corrected chi connectivity index (χ2v) is 12.1. The molecule has 0 radical (unpaired) electrons. The van der Waals surface area contributed by atoms with Gasteiger partial charge in [0.1, 0.15) is 10.9 Å². The molecule has 1 unspecified atom stereocenters. The lowest BCUT2D eigenvalue weighted by molar-refractivity contribution is -0.116. The van der Waals surface area contributed by atoms with Gasteiger partial charge in [-0.25, -0.2) is 0 Å². The van der Waals surface area contributed by atoms with Gasteiger partial charge in [0.2, 0.25) is 5.91 Å². The predicted octanol–water partition coefficient (Wildman–Crippen LogP) is 8.42. The Labute approximate surface area is 282 Å². The highest BCUT2D eigenvalue weighted by molar-refractivity contribution is 8.00. The number of carbonyl (C=O) groups is 4. The highest BCUT2D eigenvalue weighted by atomic mass is 35.5. The average molecular weight is 660 g/mol. The lowest BCUT2D eigenvalue weighted by Crippen LogP contribution is -2.30. The molecule has 1 atom stereocenters. The molecule has 5 rings (SSSR count). The van der Waals surface area contributed by atoms with Gasteiger partial charge in [-0.3, -0.25) is 19.2 Å². The molecular formula is C38H30ClN3O4S. The molecule has 3 amide bonds. The quantitative estimate of drug-likeness (QED) is 0.0750. The van der Waals surface area contributed by atoms with E-state index in [-0.39, 0.29) is 17.4 Å². The van der Waals surface area contributed by atoms with E-state index in [9.17, 15) is 19.2 Å². The number of nitrogens with one attached hydrogen (secondary N) is 3. The fraction of sp³-hybridized carbons (Fsp3) is 0.0526. The Balaban J connectivity index is 1.36. The molecule has 0 spiro atoms. The number of ketones is 1. The van der Waals surface area contributed by atoms with Gasteiger partial charge in [0.25, 0.3) is 11.8 Å². The van der Waals surface area contributed by atoms with E-state index in [1.54, 1.807) is 103 Å². The molecule has 7 nitrogen and oxygen atoms in total. The Kier molecular flexibility index (Phi) is 11.0. The van der Waals surface area contributed by atoms with E-state index in [2.05, 4.69) is 16.0 Å². The van der Waals surface area contributed by atoms with Crippen molar-refractivity contribution in [2.45, 2.75) is 17.1 Å². The summed E-state index contributed by atoms with van der Waals surface area (Å²) in [6, 6.07) is 38.8. The SMILES string of the molecule is CC(=O)c1ccc(NC(=O)C(Sc2cccc(NC(=O)/C(=C/c3ccc(Cl)cc3)NC(=O)c3ccccc3)c2)c2ccccc2)cc1. The minimum absolute atomic E-state index is 0.0385. The topological polar surface area (TPSA) is 104 Å². The van der Waals surface area contributed by atoms with Gasteiger partial charge >= 0.3 is 0 Å². The van der Waals surface area contributed by atoms with E-state index in [1.165, 1.54) is 18.7 Å². The summed E-state index contributed by atoms with van der Waals surface area (Å²) in [5.41, 5.74) is 3.51. The van der Waals surface area contributed by atoms with Crippen LogP contribution in [0.15, 0.2) is 144 Å². The lowest BCUT2D eigenvalue weighted by atomic mass is 10.1. The van der Waals surface area contributed by atoms with Crippen LogP contribution in [0, 0.1) is 0 Å². The van der Waals surface area contributed by atoms with E-state index in [1.807, 2.05) is 36.4 Å². The first-order chi connectivity index (χ1) is 22.7. The molecule has 47 heavy (non-hydrogen) atoms. The lowest BCUT2D eigenvalue weighted by Gasteiger charge is -2.18. The van der Waals surface area contributed by atoms with E-state index in [0.29, 0.717) is 33.1 Å². The van der Waals surface area contributed by atoms with Crippen molar-refractivity contribution in [1.29, 1.82) is 0 Å². The van der Waals surface area contributed by atoms with Gasteiger partial charge in [0.15, 0.2) is 5.78 Å². The maximum Gasteiger partial charge on any atom is 0.272 e. The van der Waals surface area contributed by atoms with E-state index < -0.39 is 17.1 Å². The zero-order valence-electron chi connectivity index (χ0n) is 25.3.